The Labute approximate surface area is 148 Å². The van der Waals surface area contributed by atoms with Crippen molar-refractivity contribution in [3.05, 3.63) is 35.1 Å². The van der Waals surface area contributed by atoms with Gasteiger partial charge in [0, 0.05) is 4.11 Å². The average Bonchev–Trinajstić information content (AvgIpc) is 2.59. The Balaban J connectivity index is 1.74. The second-order valence-corrected chi connectivity index (χ2v) is 7.49. The summed E-state index contributed by atoms with van der Waals surface area (Å²) in [4.78, 5) is 0. The lowest BCUT2D eigenvalue weighted by Crippen LogP contribution is -2.25. The van der Waals surface area contributed by atoms with Crippen LogP contribution in [0.3, 0.4) is 0 Å². The summed E-state index contributed by atoms with van der Waals surface area (Å²) in [5.41, 5.74) is 0.0569. The average molecular weight is 341 g/mol. The highest BCUT2D eigenvalue weighted by Gasteiger charge is 2.31. The third-order valence-corrected chi connectivity index (χ3v) is 5.89. The molecule has 0 aromatic heterocycles. The van der Waals surface area contributed by atoms with Crippen LogP contribution in [0.4, 0.5) is 13.2 Å². The van der Waals surface area contributed by atoms with E-state index in [9.17, 15) is 13.2 Å². The van der Waals surface area contributed by atoms with Crippen LogP contribution >= 0.6 is 0 Å². The van der Waals surface area contributed by atoms with Crippen molar-refractivity contribution < 1.29 is 17.3 Å². The van der Waals surface area contributed by atoms with Crippen LogP contribution in [-0.2, 0) is 0 Å². The highest BCUT2D eigenvalue weighted by atomic mass is 19.2. The number of hydrogen-bond acceptors (Lipinski definition) is 0. The van der Waals surface area contributed by atoms with Crippen LogP contribution in [0, 0.1) is 35.2 Å². The number of benzene rings is 1. The molecule has 134 valence electrons. The van der Waals surface area contributed by atoms with Gasteiger partial charge in [-0.25, -0.2) is 13.2 Å². The highest BCUT2D eigenvalue weighted by Crippen LogP contribution is 2.44. The van der Waals surface area contributed by atoms with Crippen molar-refractivity contribution in [1.82, 2.24) is 0 Å². The molecule has 0 heterocycles. The minimum atomic E-state index is -1.73. The Morgan fingerprint density at radius 3 is 2.17 bits per heavy atom. The van der Waals surface area contributed by atoms with Crippen LogP contribution < -0.4 is 0 Å². The second kappa shape index (κ2) is 7.93. The molecule has 3 heteroatoms. The molecule has 0 saturated heterocycles. The first-order chi connectivity index (χ1) is 12.7. The zero-order valence-electron chi connectivity index (χ0n) is 17.3. The lowest BCUT2D eigenvalue weighted by Gasteiger charge is -2.38. The second-order valence-electron chi connectivity index (χ2n) is 7.49. The summed E-state index contributed by atoms with van der Waals surface area (Å²) < 4.78 is 66.1. The topological polar surface area (TPSA) is 0 Å². The van der Waals surface area contributed by atoms with Gasteiger partial charge in [-0.05, 0) is 79.8 Å². The van der Waals surface area contributed by atoms with E-state index in [1.54, 1.807) is 0 Å². The zero-order chi connectivity index (χ0) is 19.8. The van der Waals surface area contributed by atoms with E-state index >= 15 is 0 Å². The van der Waals surface area contributed by atoms with Crippen molar-refractivity contribution in [2.45, 2.75) is 77.0 Å². The molecule has 2 aliphatic rings. The highest BCUT2D eigenvalue weighted by molar-refractivity contribution is 5.23. The SMILES string of the molecule is [2H]C1CC(C2CCC(CCC)CC2)CC([2H])([2H])C1c1cc(F)c(F)c(F)c1. The molecule has 2 aliphatic carbocycles. The molecule has 0 bridgehead atoms. The van der Waals surface area contributed by atoms with Crippen LogP contribution in [0.15, 0.2) is 12.1 Å². The van der Waals surface area contributed by atoms with Gasteiger partial charge >= 0.3 is 0 Å². The third-order valence-electron chi connectivity index (χ3n) is 5.89. The molecule has 1 aromatic carbocycles. The number of halogens is 3. The molecule has 0 spiro atoms. The van der Waals surface area contributed by atoms with Crippen molar-refractivity contribution >= 4 is 0 Å². The first kappa shape index (κ1) is 14.2. The van der Waals surface area contributed by atoms with Crippen molar-refractivity contribution in [3.8, 4) is 0 Å². The van der Waals surface area contributed by atoms with Crippen molar-refractivity contribution in [3.63, 3.8) is 0 Å². The van der Waals surface area contributed by atoms with E-state index < -0.39 is 36.1 Å². The van der Waals surface area contributed by atoms with Gasteiger partial charge < -0.3 is 0 Å². The molecule has 2 saturated carbocycles. The predicted octanol–water partition coefficient (Wildman–Crippen LogP) is 6.98. The third kappa shape index (κ3) is 3.97. The van der Waals surface area contributed by atoms with E-state index in [-0.39, 0.29) is 11.5 Å². The summed E-state index contributed by atoms with van der Waals surface area (Å²) in [5.74, 6) is -3.77. The molecular formula is C21H29F3. The summed E-state index contributed by atoms with van der Waals surface area (Å²) in [6.45, 7) is 2.20. The van der Waals surface area contributed by atoms with E-state index in [1.165, 1.54) is 25.7 Å². The summed E-state index contributed by atoms with van der Waals surface area (Å²) in [6.07, 6.45) is 5.31. The fraction of sp³-hybridized carbons (Fsp3) is 0.714. The standard InChI is InChI=1S/C21H29F3/c1-2-3-14-4-6-15(7-5-14)16-8-10-17(11-9-16)18-12-19(22)21(24)20(23)13-18/h12-17H,2-11H2,1H3/i10D,11D2. The fourth-order valence-electron chi connectivity index (χ4n) is 4.48. The van der Waals surface area contributed by atoms with Gasteiger partial charge in [0.15, 0.2) is 17.5 Å². The minimum absolute atomic E-state index is 0.0569. The maximum Gasteiger partial charge on any atom is 0.194 e. The molecule has 0 nitrogen and oxygen atoms in total. The van der Waals surface area contributed by atoms with Gasteiger partial charge in [-0.3, -0.25) is 0 Å². The predicted molar refractivity (Wildman–Crippen MR) is 91.4 cm³/mol. The summed E-state index contributed by atoms with van der Waals surface area (Å²) in [5, 5.41) is 0. The molecule has 0 N–H and O–H groups in total. The van der Waals surface area contributed by atoms with Crippen LogP contribution in [0.1, 0.15) is 86.7 Å². The molecule has 3 rings (SSSR count). The molecule has 1 aromatic rings. The normalized spacial score (nSPS) is 38.2. The molecule has 0 amide bonds. The molecule has 24 heavy (non-hydrogen) atoms. The van der Waals surface area contributed by atoms with Crippen LogP contribution in [0.2, 0.25) is 0 Å². The Hall–Kier alpha value is -0.990. The molecule has 2 fully saturated rings. The van der Waals surface area contributed by atoms with Crippen molar-refractivity contribution in [2.24, 2.45) is 17.8 Å². The Bertz CT molecular complexity index is 633. The van der Waals surface area contributed by atoms with E-state index in [1.807, 2.05) is 0 Å². The van der Waals surface area contributed by atoms with E-state index in [4.69, 9.17) is 4.11 Å². The summed E-state index contributed by atoms with van der Waals surface area (Å²) in [6, 6.07) is 1.72. The van der Waals surface area contributed by atoms with Gasteiger partial charge in [-0.1, -0.05) is 32.6 Å². The smallest absolute Gasteiger partial charge is 0.194 e. The maximum atomic E-state index is 13.6. The monoisotopic (exact) mass is 341 g/mol. The largest absolute Gasteiger partial charge is 0.204 e. The minimum Gasteiger partial charge on any atom is -0.204 e. The molecule has 3 unspecified atom stereocenters. The quantitative estimate of drug-likeness (QED) is 0.518. The van der Waals surface area contributed by atoms with Crippen LogP contribution in [0.5, 0.6) is 0 Å². The number of rotatable bonds is 4. The first-order valence-corrected chi connectivity index (χ1v) is 9.29. The first-order valence-electron chi connectivity index (χ1n) is 10.9. The Morgan fingerprint density at radius 1 is 0.958 bits per heavy atom. The van der Waals surface area contributed by atoms with Crippen molar-refractivity contribution in [1.29, 1.82) is 0 Å². The Morgan fingerprint density at radius 2 is 1.58 bits per heavy atom. The van der Waals surface area contributed by atoms with Gasteiger partial charge in [0.1, 0.15) is 0 Å². The van der Waals surface area contributed by atoms with E-state index in [0.29, 0.717) is 18.8 Å². The fourth-order valence-corrected chi connectivity index (χ4v) is 4.48. The van der Waals surface area contributed by atoms with Gasteiger partial charge in [0.2, 0.25) is 0 Å². The van der Waals surface area contributed by atoms with Gasteiger partial charge in [-0.2, -0.15) is 0 Å². The molecular weight excluding hydrogens is 309 g/mol. The van der Waals surface area contributed by atoms with Gasteiger partial charge in [0.25, 0.3) is 0 Å². The van der Waals surface area contributed by atoms with Gasteiger partial charge in [0.05, 0.1) is 0 Å². The number of hydrogen-bond donors (Lipinski definition) is 0. The van der Waals surface area contributed by atoms with E-state index in [0.717, 1.165) is 30.9 Å². The molecule has 0 radical (unpaired) electrons. The Kier molecular flexibility index (Phi) is 4.69. The maximum absolute atomic E-state index is 13.6. The lowest BCUT2D eigenvalue weighted by molar-refractivity contribution is 0.156. The van der Waals surface area contributed by atoms with Crippen molar-refractivity contribution in [2.75, 3.05) is 0 Å². The molecule has 0 aliphatic heterocycles. The molecule has 3 atom stereocenters. The summed E-state index contributed by atoms with van der Waals surface area (Å²) in [7, 11) is 0. The summed E-state index contributed by atoms with van der Waals surface area (Å²) >= 11 is 0. The zero-order valence-corrected chi connectivity index (χ0v) is 14.3. The van der Waals surface area contributed by atoms with Crippen LogP contribution in [-0.4, -0.2) is 0 Å². The van der Waals surface area contributed by atoms with E-state index in [2.05, 4.69) is 6.92 Å². The van der Waals surface area contributed by atoms with Gasteiger partial charge in [-0.15, -0.1) is 0 Å². The van der Waals surface area contributed by atoms with Crippen LogP contribution in [0.25, 0.3) is 0 Å². The lowest BCUT2D eigenvalue weighted by atomic mass is 9.68.